The molecule has 3 rings (SSSR count). The minimum atomic E-state index is -0.541. The van der Waals surface area contributed by atoms with Crippen LogP contribution in [0.1, 0.15) is 11.1 Å². The predicted molar refractivity (Wildman–Crippen MR) is 65.9 cm³/mol. The van der Waals surface area contributed by atoms with Crippen LogP contribution in [0.5, 0.6) is 0 Å². The summed E-state index contributed by atoms with van der Waals surface area (Å²) in [5, 5.41) is 0. The second-order valence-corrected chi connectivity index (χ2v) is 5.84. The van der Waals surface area contributed by atoms with E-state index in [9.17, 15) is 0 Å². The van der Waals surface area contributed by atoms with Crippen molar-refractivity contribution in [2.24, 2.45) is 0 Å². The van der Waals surface area contributed by atoms with Gasteiger partial charge in [0, 0.05) is 0 Å². The van der Waals surface area contributed by atoms with Gasteiger partial charge < -0.3 is 9.07 Å². The van der Waals surface area contributed by atoms with E-state index in [1.807, 2.05) is 0 Å². The summed E-state index contributed by atoms with van der Waals surface area (Å²) in [6.45, 7) is 0. The summed E-state index contributed by atoms with van der Waals surface area (Å²) in [4.78, 5) is 0. The van der Waals surface area contributed by atoms with E-state index in [1.54, 1.807) is 0 Å². The Kier molecular flexibility index (Phi) is 2.47. The highest BCUT2D eigenvalue weighted by atomic mass is 35.5. The first-order chi connectivity index (χ1) is 7.38. The van der Waals surface area contributed by atoms with Crippen molar-refractivity contribution < 1.29 is 0 Å². The molecule has 2 heteroatoms. The van der Waals surface area contributed by atoms with Gasteiger partial charge in [-0.1, -0.05) is 42.5 Å². The quantitative estimate of drug-likeness (QED) is 0.558. The van der Waals surface area contributed by atoms with Crippen molar-refractivity contribution in [3.63, 3.8) is 0 Å². The summed E-state index contributed by atoms with van der Waals surface area (Å²) in [6, 6.07) is 15.3. The second kappa shape index (κ2) is 3.82. The third kappa shape index (κ3) is 1.59. The molecule has 0 bridgehead atoms. The monoisotopic (exact) mass is 224 g/mol. The van der Waals surface area contributed by atoms with Crippen LogP contribution >= 0.6 is 9.07 Å². The van der Waals surface area contributed by atoms with Crippen LogP contribution in [0.4, 0.5) is 0 Å². The highest BCUT2D eigenvalue weighted by Gasteiger charge is 2.17. The third-order valence-electron chi connectivity index (χ3n) is 3.01. The van der Waals surface area contributed by atoms with Crippen LogP contribution in [-0.4, -0.2) is 19.3 Å². The Morgan fingerprint density at radius 1 is 0.933 bits per heavy atom. The van der Waals surface area contributed by atoms with Gasteiger partial charge in [-0.05, 0) is 28.7 Å². The van der Waals surface area contributed by atoms with Crippen LogP contribution in [0, 0.1) is 0 Å². The molecule has 0 heterocycles. The molecule has 0 saturated heterocycles. The molecule has 0 atom stereocenters. The number of benzene rings is 2. The van der Waals surface area contributed by atoms with Crippen LogP contribution in [-0.2, 0) is 6.42 Å². The summed E-state index contributed by atoms with van der Waals surface area (Å²) in [6.07, 6.45) is 1.07. The number of hydrogen-bond donors (Lipinski definition) is 0. The van der Waals surface area contributed by atoms with Gasteiger partial charge in [0.2, 0.25) is 0 Å². The fraction of sp³-hybridized carbons (Fsp3) is 0.0769. The van der Waals surface area contributed by atoms with Crippen molar-refractivity contribution in [3.8, 4) is 11.1 Å². The van der Waals surface area contributed by atoms with Crippen LogP contribution in [0.25, 0.3) is 11.1 Å². The lowest BCUT2D eigenvalue weighted by Crippen LogP contribution is -2.08. The van der Waals surface area contributed by atoms with Gasteiger partial charge in [-0.25, -0.2) is 0 Å². The molecule has 0 amide bonds. The largest absolute Gasteiger partial charge is 0.538 e. The predicted octanol–water partition coefficient (Wildman–Crippen LogP) is 2.74. The fourth-order valence-corrected chi connectivity index (χ4v) is 3.31. The zero-order chi connectivity index (χ0) is 10.3. The molecule has 1 aliphatic carbocycles. The standard InChI is InChI=1S/C13H9.ClH.Mg/c1-3-7-12-10(5-1)9-11-6-2-4-8-13(11)12;;/h1,3-8H,9H2;1H;/q;;+1/p-1. The Morgan fingerprint density at radius 2 is 1.73 bits per heavy atom. The van der Waals surface area contributed by atoms with Gasteiger partial charge in [0.15, 0.2) is 0 Å². The molecule has 0 aromatic heterocycles. The molecule has 0 spiro atoms. The Bertz CT molecular complexity index is 520. The third-order valence-corrected chi connectivity index (χ3v) is 4.69. The normalized spacial score (nSPS) is 11.8. The maximum Gasteiger partial charge on any atom is 0.538 e. The van der Waals surface area contributed by atoms with Crippen molar-refractivity contribution in [1.82, 2.24) is 0 Å². The highest BCUT2D eigenvalue weighted by molar-refractivity contribution is 7.01. The first-order valence-electron chi connectivity index (χ1n) is 5.14. The summed E-state index contributed by atoms with van der Waals surface area (Å²) in [7, 11) is 5.98. The summed E-state index contributed by atoms with van der Waals surface area (Å²) in [5.41, 5.74) is 5.69. The van der Waals surface area contributed by atoms with Crippen molar-refractivity contribution in [3.05, 3.63) is 53.6 Å². The minimum Gasteiger partial charge on any atom is -0.336 e. The maximum atomic E-state index is 5.98. The molecular weight excluding hydrogens is 216 g/mol. The Hall–Kier alpha value is -0.504. The average Bonchev–Trinajstić information content (AvgIpc) is 2.66. The molecule has 0 unspecified atom stereocenters. The first kappa shape index (κ1) is 9.70. The number of rotatable bonds is 1. The van der Waals surface area contributed by atoms with Gasteiger partial charge in [-0.2, -0.15) is 0 Å². The summed E-state index contributed by atoms with van der Waals surface area (Å²) < 4.78 is 1.35. The van der Waals surface area contributed by atoms with Crippen LogP contribution < -0.4 is 3.69 Å². The van der Waals surface area contributed by atoms with Crippen LogP contribution in [0.15, 0.2) is 42.5 Å². The molecule has 0 aliphatic heterocycles. The van der Waals surface area contributed by atoms with Gasteiger partial charge in [-0.3, -0.25) is 0 Å². The van der Waals surface area contributed by atoms with Crippen LogP contribution in [0.2, 0.25) is 0 Å². The Balaban J connectivity index is 2.18. The fourth-order valence-electron chi connectivity index (χ4n) is 2.28. The molecule has 0 fully saturated rings. The molecule has 15 heavy (non-hydrogen) atoms. The van der Waals surface area contributed by atoms with E-state index in [2.05, 4.69) is 42.5 Å². The number of halogens is 1. The highest BCUT2D eigenvalue weighted by Crippen LogP contribution is 2.35. The van der Waals surface area contributed by atoms with E-state index in [0.29, 0.717) is 0 Å². The Morgan fingerprint density at radius 3 is 2.60 bits per heavy atom. The van der Waals surface area contributed by atoms with Gasteiger partial charge in [0.25, 0.3) is 0 Å². The van der Waals surface area contributed by atoms with E-state index in [0.717, 1.165) is 6.42 Å². The zero-order valence-corrected chi connectivity index (χ0v) is 10.5. The zero-order valence-electron chi connectivity index (χ0n) is 8.33. The lowest BCUT2D eigenvalue weighted by Gasteiger charge is -2.02. The smallest absolute Gasteiger partial charge is 0.336 e. The molecule has 0 nitrogen and oxygen atoms in total. The van der Waals surface area contributed by atoms with Crippen molar-refractivity contribution in [2.75, 3.05) is 0 Å². The second-order valence-electron chi connectivity index (χ2n) is 3.96. The van der Waals surface area contributed by atoms with E-state index in [1.165, 1.54) is 25.9 Å². The van der Waals surface area contributed by atoms with Gasteiger partial charge in [0.1, 0.15) is 0 Å². The van der Waals surface area contributed by atoms with Gasteiger partial charge >= 0.3 is 19.3 Å². The SMILES string of the molecule is [Cl][Mg][c]1ccc2c(c1)Cc1ccccc1-2. The van der Waals surface area contributed by atoms with Crippen LogP contribution in [0.3, 0.4) is 0 Å². The van der Waals surface area contributed by atoms with Gasteiger partial charge in [-0.15, -0.1) is 3.69 Å². The minimum absolute atomic E-state index is 0.541. The average molecular weight is 225 g/mol. The van der Waals surface area contributed by atoms with Gasteiger partial charge in [0.05, 0.1) is 0 Å². The van der Waals surface area contributed by atoms with E-state index in [-0.39, 0.29) is 0 Å². The molecule has 0 N–H and O–H groups in total. The molecular formula is C13H9ClMg. The number of fused-ring (bicyclic) bond motifs is 3. The Labute approximate surface area is 103 Å². The van der Waals surface area contributed by atoms with E-state index in [4.69, 9.17) is 9.07 Å². The molecule has 0 saturated carbocycles. The molecule has 0 radical (unpaired) electrons. The van der Waals surface area contributed by atoms with E-state index < -0.39 is 19.3 Å². The van der Waals surface area contributed by atoms with Crippen molar-refractivity contribution in [2.45, 2.75) is 6.42 Å². The lowest BCUT2D eigenvalue weighted by atomic mass is 10.1. The molecule has 70 valence electrons. The van der Waals surface area contributed by atoms with Crippen molar-refractivity contribution in [1.29, 1.82) is 0 Å². The molecule has 1 aliphatic rings. The maximum absolute atomic E-state index is 5.98. The van der Waals surface area contributed by atoms with E-state index >= 15 is 0 Å². The van der Waals surface area contributed by atoms with Crippen molar-refractivity contribution >= 4 is 32.0 Å². The topological polar surface area (TPSA) is 0 Å². The number of hydrogen-bond acceptors (Lipinski definition) is 0. The first-order valence-corrected chi connectivity index (χ1v) is 7.99. The molecule has 2 aromatic carbocycles. The molecule has 2 aromatic rings. The summed E-state index contributed by atoms with van der Waals surface area (Å²) >= 11 is -0.541. The lowest BCUT2D eigenvalue weighted by molar-refractivity contribution is 1.27. The summed E-state index contributed by atoms with van der Waals surface area (Å²) in [5.74, 6) is 0.